The lowest BCUT2D eigenvalue weighted by Gasteiger charge is -1.95. The van der Waals surface area contributed by atoms with Crippen LogP contribution < -0.4 is 5.73 Å². The molecule has 1 heterocycles. The van der Waals surface area contributed by atoms with Crippen LogP contribution in [0.5, 0.6) is 0 Å². The average Bonchev–Trinajstić information content (AvgIpc) is 2.66. The monoisotopic (exact) mass is 203 g/mol. The molecule has 15 heavy (non-hydrogen) atoms. The summed E-state index contributed by atoms with van der Waals surface area (Å²) in [5.41, 5.74) is 7.74. The van der Waals surface area contributed by atoms with E-state index in [4.69, 9.17) is 10.3 Å². The molecule has 1 aromatic heterocycles. The summed E-state index contributed by atoms with van der Waals surface area (Å²) in [5, 5.41) is 3.81. The molecule has 1 aromatic carbocycles. The molecule has 2 rings (SSSR count). The van der Waals surface area contributed by atoms with Gasteiger partial charge in [0.05, 0.1) is 6.04 Å². The summed E-state index contributed by atoms with van der Waals surface area (Å²) in [6.45, 7) is 3.84. The zero-order valence-electron chi connectivity index (χ0n) is 8.77. The average molecular weight is 203 g/mol. The summed E-state index contributed by atoms with van der Waals surface area (Å²) in [5.74, 6) is 1.05. The molecule has 1 unspecified atom stereocenters. The van der Waals surface area contributed by atoms with Crippen molar-refractivity contribution in [2.75, 3.05) is 0 Å². The smallest absolute Gasteiger partial charge is 0.257 e. The predicted octanol–water partition coefficient (Wildman–Crippen LogP) is 2.06. The molecule has 78 valence electrons. The third-order valence-electron chi connectivity index (χ3n) is 2.11. The normalized spacial score (nSPS) is 12.7. The predicted molar refractivity (Wildman–Crippen MR) is 57.1 cm³/mol. The highest BCUT2D eigenvalue weighted by molar-refractivity contribution is 5.53. The third kappa shape index (κ3) is 2.05. The van der Waals surface area contributed by atoms with Crippen LogP contribution in [-0.2, 0) is 0 Å². The molecule has 2 N–H and O–H groups in total. The maximum absolute atomic E-state index is 5.65. The first-order chi connectivity index (χ1) is 7.16. The van der Waals surface area contributed by atoms with Gasteiger partial charge < -0.3 is 10.3 Å². The maximum atomic E-state index is 5.65. The Balaban J connectivity index is 2.37. The number of nitrogens with two attached hydrogens (primary N) is 1. The second-order valence-corrected chi connectivity index (χ2v) is 3.62. The summed E-state index contributed by atoms with van der Waals surface area (Å²) in [4.78, 5) is 4.22. The van der Waals surface area contributed by atoms with E-state index in [1.54, 1.807) is 0 Å². The fraction of sp³-hybridized carbons (Fsp3) is 0.273. The Morgan fingerprint density at radius 2 is 2.20 bits per heavy atom. The number of rotatable bonds is 2. The molecule has 0 amide bonds. The Labute approximate surface area is 88.1 Å². The lowest BCUT2D eigenvalue weighted by atomic mass is 10.1. The van der Waals surface area contributed by atoms with Gasteiger partial charge in [-0.05, 0) is 26.0 Å². The van der Waals surface area contributed by atoms with Gasteiger partial charge in [0.25, 0.3) is 5.89 Å². The van der Waals surface area contributed by atoms with Gasteiger partial charge in [-0.25, -0.2) is 0 Å². The first kappa shape index (κ1) is 9.86. The van der Waals surface area contributed by atoms with Gasteiger partial charge in [0.15, 0.2) is 5.82 Å². The number of hydrogen-bond acceptors (Lipinski definition) is 4. The van der Waals surface area contributed by atoms with Crippen LogP contribution >= 0.6 is 0 Å². The standard InChI is InChI=1S/C11H13N3O/c1-7-4-3-5-9(6-7)11-13-10(8(2)12)14-15-11/h3-6,8H,12H2,1-2H3. The molecule has 0 aliphatic carbocycles. The lowest BCUT2D eigenvalue weighted by molar-refractivity contribution is 0.418. The van der Waals surface area contributed by atoms with Gasteiger partial charge in [0, 0.05) is 5.56 Å². The minimum absolute atomic E-state index is 0.202. The topological polar surface area (TPSA) is 64.9 Å². The highest BCUT2D eigenvalue weighted by Crippen LogP contribution is 2.19. The number of hydrogen-bond donors (Lipinski definition) is 1. The van der Waals surface area contributed by atoms with Crippen molar-refractivity contribution in [2.24, 2.45) is 5.73 Å². The van der Waals surface area contributed by atoms with Crippen molar-refractivity contribution in [3.63, 3.8) is 0 Å². The first-order valence-electron chi connectivity index (χ1n) is 4.83. The number of nitrogens with zero attached hydrogens (tertiary/aromatic N) is 2. The van der Waals surface area contributed by atoms with E-state index in [0.29, 0.717) is 11.7 Å². The van der Waals surface area contributed by atoms with Crippen LogP contribution in [0.25, 0.3) is 11.5 Å². The molecule has 2 aromatic rings. The molecule has 0 saturated heterocycles. The van der Waals surface area contributed by atoms with Crippen LogP contribution in [0.15, 0.2) is 28.8 Å². The minimum atomic E-state index is -0.202. The Morgan fingerprint density at radius 1 is 1.40 bits per heavy atom. The molecule has 0 spiro atoms. The molecule has 0 bridgehead atoms. The van der Waals surface area contributed by atoms with Crippen molar-refractivity contribution < 1.29 is 4.52 Å². The zero-order valence-corrected chi connectivity index (χ0v) is 8.77. The highest BCUT2D eigenvalue weighted by Gasteiger charge is 2.11. The molecular formula is C11H13N3O. The maximum Gasteiger partial charge on any atom is 0.257 e. The fourth-order valence-electron chi connectivity index (χ4n) is 1.32. The van der Waals surface area contributed by atoms with E-state index < -0.39 is 0 Å². The minimum Gasteiger partial charge on any atom is -0.334 e. The van der Waals surface area contributed by atoms with Crippen molar-refractivity contribution >= 4 is 0 Å². The van der Waals surface area contributed by atoms with Gasteiger partial charge in [0.2, 0.25) is 0 Å². The van der Waals surface area contributed by atoms with E-state index in [0.717, 1.165) is 11.1 Å². The third-order valence-corrected chi connectivity index (χ3v) is 2.11. The molecule has 0 radical (unpaired) electrons. The summed E-state index contributed by atoms with van der Waals surface area (Å²) in [6.07, 6.45) is 0. The Bertz CT molecular complexity index is 462. The van der Waals surface area contributed by atoms with E-state index in [2.05, 4.69) is 10.1 Å². The molecule has 4 nitrogen and oxygen atoms in total. The van der Waals surface area contributed by atoms with Crippen LogP contribution in [0, 0.1) is 6.92 Å². The van der Waals surface area contributed by atoms with Crippen molar-refractivity contribution in [3.05, 3.63) is 35.7 Å². The molecule has 0 fully saturated rings. The number of aromatic nitrogens is 2. The zero-order chi connectivity index (χ0) is 10.8. The summed E-state index contributed by atoms with van der Waals surface area (Å²) in [6, 6.07) is 7.71. The van der Waals surface area contributed by atoms with Crippen molar-refractivity contribution in [1.29, 1.82) is 0 Å². The fourth-order valence-corrected chi connectivity index (χ4v) is 1.32. The second kappa shape index (κ2) is 3.82. The van der Waals surface area contributed by atoms with Gasteiger partial charge in [-0.1, -0.05) is 22.9 Å². The summed E-state index contributed by atoms with van der Waals surface area (Å²) in [7, 11) is 0. The van der Waals surface area contributed by atoms with Crippen LogP contribution in [0.3, 0.4) is 0 Å². The van der Waals surface area contributed by atoms with Gasteiger partial charge in [0.1, 0.15) is 0 Å². The van der Waals surface area contributed by atoms with Crippen LogP contribution in [0.4, 0.5) is 0 Å². The Morgan fingerprint density at radius 3 is 2.80 bits per heavy atom. The molecule has 1 atom stereocenters. The number of aryl methyl sites for hydroxylation is 1. The van der Waals surface area contributed by atoms with Crippen LogP contribution in [-0.4, -0.2) is 10.1 Å². The van der Waals surface area contributed by atoms with Crippen molar-refractivity contribution in [2.45, 2.75) is 19.9 Å². The van der Waals surface area contributed by atoms with E-state index in [1.807, 2.05) is 38.1 Å². The molecule has 4 heteroatoms. The Hall–Kier alpha value is -1.68. The van der Waals surface area contributed by atoms with Crippen molar-refractivity contribution in [3.8, 4) is 11.5 Å². The van der Waals surface area contributed by atoms with E-state index >= 15 is 0 Å². The highest BCUT2D eigenvalue weighted by atomic mass is 16.5. The van der Waals surface area contributed by atoms with Crippen LogP contribution in [0.1, 0.15) is 24.4 Å². The Kier molecular flexibility index (Phi) is 2.51. The molecular weight excluding hydrogens is 190 g/mol. The largest absolute Gasteiger partial charge is 0.334 e. The number of benzene rings is 1. The molecule has 0 aliphatic heterocycles. The quantitative estimate of drug-likeness (QED) is 0.811. The lowest BCUT2D eigenvalue weighted by Crippen LogP contribution is -2.06. The van der Waals surface area contributed by atoms with E-state index in [1.165, 1.54) is 0 Å². The summed E-state index contributed by atoms with van der Waals surface area (Å²) < 4.78 is 5.13. The second-order valence-electron chi connectivity index (χ2n) is 3.62. The van der Waals surface area contributed by atoms with Crippen molar-refractivity contribution in [1.82, 2.24) is 10.1 Å². The molecule has 0 aliphatic rings. The molecule has 0 saturated carbocycles. The SMILES string of the molecule is Cc1cccc(-c2nc(C(C)N)no2)c1. The van der Waals surface area contributed by atoms with Gasteiger partial charge in [-0.2, -0.15) is 4.98 Å². The van der Waals surface area contributed by atoms with Gasteiger partial charge in [-0.15, -0.1) is 0 Å². The van der Waals surface area contributed by atoms with Gasteiger partial charge >= 0.3 is 0 Å². The van der Waals surface area contributed by atoms with E-state index in [-0.39, 0.29) is 6.04 Å². The van der Waals surface area contributed by atoms with E-state index in [9.17, 15) is 0 Å². The van der Waals surface area contributed by atoms with Crippen LogP contribution in [0.2, 0.25) is 0 Å². The van der Waals surface area contributed by atoms with Gasteiger partial charge in [-0.3, -0.25) is 0 Å². The summed E-state index contributed by atoms with van der Waals surface area (Å²) >= 11 is 0. The first-order valence-corrected chi connectivity index (χ1v) is 4.83.